The van der Waals surface area contributed by atoms with E-state index in [1.165, 1.54) is 24.3 Å². The largest absolute Gasteiger partial charge is 0.376 e. The van der Waals surface area contributed by atoms with Crippen LogP contribution in [0.25, 0.3) is 0 Å². The third-order valence-corrected chi connectivity index (χ3v) is 3.06. The molecule has 4 N–H and O–H groups in total. The second-order valence-corrected chi connectivity index (χ2v) is 4.77. The molecule has 2 rings (SSSR count). The summed E-state index contributed by atoms with van der Waals surface area (Å²) in [5.41, 5.74) is 6.18. The number of hydrogen-bond donors (Lipinski definition) is 3. The third kappa shape index (κ3) is 5.39. The Morgan fingerprint density at radius 1 is 1.43 bits per heavy atom. The molecule has 1 amide bonds. The summed E-state index contributed by atoms with van der Waals surface area (Å²) in [6, 6.07) is 5.51. The maximum atomic E-state index is 12.7. The van der Waals surface area contributed by atoms with Crippen LogP contribution < -0.4 is 16.4 Å². The van der Waals surface area contributed by atoms with Gasteiger partial charge in [-0.1, -0.05) is 0 Å². The molecule has 0 spiro atoms. The van der Waals surface area contributed by atoms with Crippen molar-refractivity contribution >= 4 is 17.6 Å². The number of amides is 1. The summed E-state index contributed by atoms with van der Waals surface area (Å²) in [6.45, 7) is 1.28. The fourth-order valence-corrected chi connectivity index (χ4v) is 1.97. The maximum Gasteiger partial charge on any atom is 0.246 e. The molecule has 1 aliphatic heterocycles. The molecule has 1 aromatic rings. The fraction of sp³-hybridized carbons (Fsp3) is 0.429. The first-order valence-corrected chi connectivity index (χ1v) is 6.84. The van der Waals surface area contributed by atoms with Crippen LogP contribution in [-0.2, 0) is 9.53 Å². The van der Waals surface area contributed by atoms with Gasteiger partial charge in [-0.25, -0.2) is 9.38 Å². The number of nitrogens with two attached hydrogens (primary N) is 1. The van der Waals surface area contributed by atoms with Crippen LogP contribution in [0.1, 0.15) is 12.8 Å². The minimum absolute atomic E-state index is 0.0955. The molecule has 6 nitrogen and oxygen atoms in total. The quantitative estimate of drug-likeness (QED) is 0.555. The van der Waals surface area contributed by atoms with Crippen molar-refractivity contribution < 1.29 is 13.9 Å². The van der Waals surface area contributed by atoms with E-state index in [1.807, 2.05) is 0 Å². The Labute approximate surface area is 122 Å². The second-order valence-electron chi connectivity index (χ2n) is 4.77. The molecule has 1 aliphatic rings. The highest BCUT2D eigenvalue weighted by Gasteiger charge is 2.14. The van der Waals surface area contributed by atoms with Gasteiger partial charge in [-0.3, -0.25) is 4.79 Å². The Balaban J connectivity index is 1.71. The van der Waals surface area contributed by atoms with Gasteiger partial charge in [0.1, 0.15) is 12.4 Å². The highest BCUT2D eigenvalue weighted by atomic mass is 19.1. The Morgan fingerprint density at radius 3 is 2.86 bits per heavy atom. The van der Waals surface area contributed by atoms with E-state index in [0.29, 0.717) is 12.2 Å². The molecule has 1 heterocycles. The molecule has 0 saturated carbocycles. The van der Waals surface area contributed by atoms with E-state index in [-0.39, 0.29) is 30.3 Å². The van der Waals surface area contributed by atoms with E-state index < -0.39 is 0 Å². The number of nitrogens with zero attached hydrogens (tertiary/aromatic N) is 1. The average molecular weight is 294 g/mol. The van der Waals surface area contributed by atoms with Crippen LogP contribution in [0.15, 0.2) is 29.3 Å². The number of nitrogens with one attached hydrogen (secondary N) is 2. The van der Waals surface area contributed by atoms with Gasteiger partial charge in [0.05, 0.1) is 6.10 Å². The highest BCUT2D eigenvalue weighted by Crippen LogP contribution is 2.10. The highest BCUT2D eigenvalue weighted by molar-refractivity contribution is 5.93. The predicted octanol–water partition coefficient (Wildman–Crippen LogP) is 0.847. The molecular formula is C14H19FN4O2. The number of guanidine groups is 1. The zero-order valence-electron chi connectivity index (χ0n) is 11.6. The van der Waals surface area contributed by atoms with Gasteiger partial charge in [-0.15, -0.1) is 0 Å². The lowest BCUT2D eigenvalue weighted by Crippen LogP contribution is -2.37. The topological polar surface area (TPSA) is 88.7 Å². The first kappa shape index (κ1) is 15.2. The molecule has 0 aliphatic carbocycles. The zero-order valence-corrected chi connectivity index (χ0v) is 11.6. The molecule has 1 unspecified atom stereocenters. The predicted molar refractivity (Wildman–Crippen MR) is 78.5 cm³/mol. The lowest BCUT2D eigenvalue weighted by atomic mass is 10.2. The number of hydrogen-bond acceptors (Lipinski definition) is 3. The van der Waals surface area contributed by atoms with Gasteiger partial charge < -0.3 is 21.1 Å². The monoisotopic (exact) mass is 294 g/mol. The number of anilines is 1. The number of rotatable bonds is 5. The van der Waals surface area contributed by atoms with E-state index in [9.17, 15) is 9.18 Å². The number of carbonyl (C=O) groups excluding carboxylic acids is 1. The number of halogens is 1. The van der Waals surface area contributed by atoms with Gasteiger partial charge in [0, 0.05) is 18.8 Å². The summed E-state index contributed by atoms with van der Waals surface area (Å²) >= 11 is 0. The Bertz CT molecular complexity index is 498. The molecule has 21 heavy (non-hydrogen) atoms. The average Bonchev–Trinajstić information content (AvgIpc) is 2.99. The van der Waals surface area contributed by atoms with Crippen molar-refractivity contribution in [3.8, 4) is 0 Å². The van der Waals surface area contributed by atoms with Crippen molar-refractivity contribution in [3.05, 3.63) is 30.1 Å². The van der Waals surface area contributed by atoms with E-state index in [1.54, 1.807) is 0 Å². The summed E-state index contributed by atoms with van der Waals surface area (Å²) in [6.07, 6.45) is 2.22. The van der Waals surface area contributed by atoms with E-state index in [2.05, 4.69) is 15.6 Å². The fourth-order valence-electron chi connectivity index (χ4n) is 1.97. The van der Waals surface area contributed by atoms with Gasteiger partial charge in [0.15, 0.2) is 5.96 Å². The molecular weight excluding hydrogens is 275 g/mol. The van der Waals surface area contributed by atoms with Crippen molar-refractivity contribution in [2.75, 3.05) is 25.0 Å². The summed E-state index contributed by atoms with van der Waals surface area (Å²) < 4.78 is 18.2. The first-order valence-electron chi connectivity index (χ1n) is 6.84. The Kier molecular flexibility index (Phi) is 5.51. The zero-order chi connectivity index (χ0) is 15.1. The molecule has 1 aromatic carbocycles. The second kappa shape index (κ2) is 7.58. The number of benzene rings is 1. The smallest absolute Gasteiger partial charge is 0.246 e. The summed E-state index contributed by atoms with van der Waals surface area (Å²) in [4.78, 5) is 15.6. The van der Waals surface area contributed by atoms with Gasteiger partial charge >= 0.3 is 0 Å². The third-order valence-electron chi connectivity index (χ3n) is 3.06. The summed E-state index contributed by atoms with van der Waals surface area (Å²) in [5, 5.41) is 5.53. The van der Waals surface area contributed by atoms with Gasteiger partial charge in [-0.2, -0.15) is 0 Å². The van der Waals surface area contributed by atoms with Crippen molar-refractivity contribution in [2.45, 2.75) is 18.9 Å². The summed E-state index contributed by atoms with van der Waals surface area (Å²) in [7, 11) is 0. The number of ether oxygens (including phenoxy) is 1. The van der Waals surface area contributed by atoms with E-state index in [0.717, 1.165) is 19.4 Å². The van der Waals surface area contributed by atoms with Crippen LogP contribution in [0.4, 0.5) is 10.1 Å². The number of carbonyl (C=O) groups is 1. The lowest BCUT2D eigenvalue weighted by molar-refractivity contribution is -0.114. The number of aliphatic imine (C=N–C) groups is 1. The molecule has 0 bridgehead atoms. The molecule has 0 radical (unpaired) electrons. The normalized spacial score (nSPS) is 18.5. The van der Waals surface area contributed by atoms with Crippen molar-refractivity contribution in [2.24, 2.45) is 10.7 Å². The van der Waals surface area contributed by atoms with E-state index >= 15 is 0 Å². The van der Waals surface area contributed by atoms with Crippen LogP contribution in [-0.4, -0.2) is 37.7 Å². The van der Waals surface area contributed by atoms with Crippen LogP contribution >= 0.6 is 0 Å². The van der Waals surface area contributed by atoms with Gasteiger partial charge in [0.2, 0.25) is 5.91 Å². The SMILES string of the molecule is NC(=NCC(=O)Nc1ccc(F)cc1)NCC1CCCO1. The van der Waals surface area contributed by atoms with E-state index in [4.69, 9.17) is 10.5 Å². The molecule has 0 aromatic heterocycles. The van der Waals surface area contributed by atoms with Crippen LogP contribution in [0.5, 0.6) is 0 Å². The van der Waals surface area contributed by atoms with Gasteiger partial charge in [0.25, 0.3) is 0 Å². The Hall–Kier alpha value is -2.15. The maximum absolute atomic E-state index is 12.7. The van der Waals surface area contributed by atoms with Crippen LogP contribution in [0.2, 0.25) is 0 Å². The standard InChI is InChI=1S/C14H19FN4O2/c15-10-3-5-11(6-4-10)19-13(20)9-18-14(16)17-8-12-2-1-7-21-12/h3-6,12H,1-2,7-9H2,(H,19,20)(H3,16,17,18). The van der Waals surface area contributed by atoms with Crippen LogP contribution in [0.3, 0.4) is 0 Å². The van der Waals surface area contributed by atoms with Crippen molar-refractivity contribution in [3.63, 3.8) is 0 Å². The molecule has 1 atom stereocenters. The summed E-state index contributed by atoms with van der Waals surface area (Å²) in [5.74, 6) is -0.461. The molecule has 1 saturated heterocycles. The van der Waals surface area contributed by atoms with Crippen molar-refractivity contribution in [1.29, 1.82) is 0 Å². The molecule has 7 heteroatoms. The van der Waals surface area contributed by atoms with Crippen LogP contribution in [0, 0.1) is 5.82 Å². The minimum atomic E-state index is -0.353. The molecule has 1 fully saturated rings. The minimum Gasteiger partial charge on any atom is -0.376 e. The lowest BCUT2D eigenvalue weighted by Gasteiger charge is -2.11. The molecule has 114 valence electrons. The van der Waals surface area contributed by atoms with Gasteiger partial charge in [-0.05, 0) is 37.1 Å². The Morgan fingerprint density at radius 2 is 2.19 bits per heavy atom. The first-order chi connectivity index (χ1) is 10.1. The van der Waals surface area contributed by atoms with Crippen molar-refractivity contribution in [1.82, 2.24) is 5.32 Å².